The van der Waals surface area contributed by atoms with Crippen molar-refractivity contribution >= 4 is 21.9 Å². The quantitative estimate of drug-likeness (QED) is 0.373. The van der Waals surface area contributed by atoms with E-state index >= 15 is 0 Å². The van der Waals surface area contributed by atoms with E-state index in [2.05, 4.69) is 0 Å². The zero-order chi connectivity index (χ0) is 26.3. The first kappa shape index (κ1) is 26.9. The highest BCUT2D eigenvalue weighted by Crippen LogP contribution is 2.45. The van der Waals surface area contributed by atoms with E-state index in [0.29, 0.717) is 23.0 Å². The van der Waals surface area contributed by atoms with Crippen LogP contribution in [0.3, 0.4) is 0 Å². The largest absolute Gasteiger partial charge is 0.395 e. The van der Waals surface area contributed by atoms with Crippen molar-refractivity contribution in [3.63, 3.8) is 0 Å². The van der Waals surface area contributed by atoms with E-state index in [9.17, 15) is 27.0 Å². The summed E-state index contributed by atoms with van der Waals surface area (Å²) >= 11 is 0. The van der Waals surface area contributed by atoms with Gasteiger partial charge in [0, 0.05) is 29.2 Å². The normalized spacial score (nSPS) is 14.7. The van der Waals surface area contributed by atoms with E-state index in [0.717, 1.165) is 0 Å². The molecule has 0 saturated carbocycles. The fourth-order valence-corrected chi connectivity index (χ4v) is 4.61. The van der Waals surface area contributed by atoms with Crippen molar-refractivity contribution in [2.45, 2.75) is 64.4 Å². The molecule has 3 rings (SSSR count). The Bertz CT molecular complexity index is 1310. The van der Waals surface area contributed by atoms with Crippen LogP contribution in [0.15, 0.2) is 42.6 Å². The smallest absolute Gasteiger partial charge is 0.347 e. The number of nitrogens with two attached hydrogens (primary N) is 1. The maximum Gasteiger partial charge on any atom is 0.395 e. The van der Waals surface area contributed by atoms with Crippen molar-refractivity contribution in [1.29, 1.82) is 5.26 Å². The van der Waals surface area contributed by atoms with Gasteiger partial charge in [0.25, 0.3) is 0 Å². The van der Waals surface area contributed by atoms with Crippen molar-refractivity contribution in [1.82, 2.24) is 4.57 Å². The van der Waals surface area contributed by atoms with E-state index < -0.39 is 40.1 Å². The van der Waals surface area contributed by atoms with E-state index in [1.54, 1.807) is 10.6 Å². The molecule has 188 valence electrons. The lowest BCUT2D eigenvalue weighted by Gasteiger charge is -2.29. The summed E-state index contributed by atoms with van der Waals surface area (Å²) in [5, 5.41) is 15.3. The van der Waals surface area contributed by atoms with E-state index in [1.165, 1.54) is 50.4 Å². The second-order valence-corrected chi connectivity index (χ2v) is 12.3. The van der Waals surface area contributed by atoms with Gasteiger partial charge in [-0.05, 0) is 55.0 Å². The third-order valence-corrected chi connectivity index (χ3v) is 7.25. The predicted octanol–water partition coefficient (Wildman–Crippen LogP) is 6.80. The number of halogens is 4. The predicted molar refractivity (Wildman–Crippen MR) is 131 cm³/mol. The Morgan fingerprint density at radius 1 is 1.11 bits per heavy atom. The molecule has 0 amide bonds. The zero-order valence-corrected chi connectivity index (χ0v) is 21.1. The second kappa shape index (κ2) is 9.40. The molecule has 1 unspecified atom stereocenters. The van der Waals surface area contributed by atoms with Crippen LogP contribution in [0, 0.1) is 22.6 Å². The van der Waals surface area contributed by atoms with Crippen LogP contribution in [0.4, 0.5) is 17.6 Å². The molecule has 9 heteroatoms. The molecule has 1 heterocycles. The van der Waals surface area contributed by atoms with Gasteiger partial charge < -0.3 is 4.57 Å². The van der Waals surface area contributed by atoms with E-state index in [4.69, 9.17) is 5.14 Å². The number of nitriles is 1. The highest BCUT2D eigenvalue weighted by molar-refractivity contribution is 7.84. The van der Waals surface area contributed by atoms with Gasteiger partial charge in [-0.25, -0.2) is 8.60 Å². The first-order valence-electron chi connectivity index (χ1n) is 11.1. The van der Waals surface area contributed by atoms with Crippen LogP contribution in [0.2, 0.25) is 0 Å². The first-order chi connectivity index (χ1) is 16.0. The lowest BCUT2D eigenvalue weighted by molar-refractivity contribution is -0.152. The number of nitrogens with zero attached hydrogens (tertiary/aromatic N) is 2. The number of hydrogen-bond donors (Lipinski definition) is 1. The molecular weight excluding hydrogens is 478 g/mol. The summed E-state index contributed by atoms with van der Waals surface area (Å²) in [5.41, 5.74) is 0.934. The third-order valence-electron chi connectivity index (χ3n) is 5.99. The molecule has 0 aliphatic heterocycles. The second-order valence-electron chi connectivity index (χ2n) is 10.6. The highest BCUT2D eigenvalue weighted by atomic mass is 32.2. The number of benzene rings is 2. The van der Waals surface area contributed by atoms with Crippen LogP contribution in [0.5, 0.6) is 0 Å². The Balaban J connectivity index is 2.30. The molecule has 0 bridgehead atoms. The van der Waals surface area contributed by atoms with Crippen LogP contribution < -0.4 is 5.14 Å². The minimum absolute atomic E-state index is 0.0517. The van der Waals surface area contributed by atoms with Gasteiger partial charge in [0.2, 0.25) is 0 Å². The Morgan fingerprint density at radius 3 is 2.31 bits per heavy atom. The lowest BCUT2D eigenvalue weighted by Crippen LogP contribution is -2.37. The monoisotopic (exact) mass is 507 g/mol. The summed E-state index contributed by atoms with van der Waals surface area (Å²) in [6.45, 7) is 9.22. The fourth-order valence-electron chi connectivity index (χ4n) is 4.28. The van der Waals surface area contributed by atoms with E-state index in [1.807, 2.05) is 26.8 Å². The van der Waals surface area contributed by atoms with Crippen molar-refractivity contribution in [3.8, 4) is 17.2 Å². The SMILES string of the molecule is CC(C)(C)Cn1cc([C@H](CC(C)(C)S(N)=O)C(F)(F)F)c2ccc(-c3c(F)cccc3C#N)cc21. The van der Waals surface area contributed by atoms with Gasteiger partial charge in [-0.15, -0.1) is 0 Å². The van der Waals surface area contributed by atoms with Gasteiger partial charge in [-0.1, -0.05) is 39.0 Å². The lowest BCUT2D eigenvalue weighted by atomic mass is 9.88. The zero-order valence-electron chi connectivity index (χ0n) is 20.3. The average molecular weight is 508 g/mol. The van der Waals surface area contributed by atoms with Gasteiger partial charge in [-0.3, -0.25) is 5.14 Å². The van der Waals surface area contributed by atoms with Crippen LogP contribution in [-0.2, 0) is 17.5 Å². The Hall–Kier alpha value is -2.70. The maximum atomic E-state index is 14.7. The van der Waals surface area contributed by atoms with Gasteiger partial charge in [-0.2, -0.15) is 18.4 Å². The first-order valence-corrected chi connectivity index (χ1v) is 12.3. The number of aromatic nitrogens is 1. The molecule has 2 aromatic carbocycles. The van der Waals surface area contributed by atoms with Gasteiger partial charge in [0.15, 0.2) is 0 Å². The standard InChI is InChI=1S/C26H29F4N3OS/c1-24(2,3)15-33-14-19(20(26(28,29)30)12-25(4,5)35(32)34)18-10-9-16(11-22(18)33)23-17(13-31)7-6-8-21(23)27/h6-11,14,20H,12,15,32H2,1-5H3/t20-,35?/m0/s1. The molecule has 0 aliphatic carbocycles. The Kier molecular flexibility index (Phi) is 7.22. The molecule has 3 aromatic rings. The number of fused-ring (bicyclic) bond motifs is 1. The average Bonchev–Trinajstić information content (AvgIpc) is 3.06. The fraction of sp³-hybridized carbons (Fsp3) is 0.423. The van der Waals surface area contributed by atoms with Crippen LogP contribution >= 0.6 is 0 Å². The summed E-state index contributed by atoms with van der Waals surface area (Å²) < 4.78 is 70.1. The minimum Gasteiger partial charge on any atom is -0.347 e. The summed E-state index contributed by atoms with van der Waals surface area (Å²) in [7, 11) is -1.96. The number of rotatable bonds is 6. The topological polar surface area (TPSA) is 71.8 Å². The van der Waals surface area contributed by atoms with Crippen molar-refractivity contribution in [2.75, 3.05) is 0 Å². The summed E-state index contributed by atoms with van der Waals surface area (Å²) in [4.78, 5) is 0. The Labute approximate surface area is 205 Å². The van der Waals surface area contributed by atoms with Crippen LogP contribution in [0.25, 0.3) is 22.0 Å². The molecule has 0 radical (unpaired) electrons. The number of alkyl halides is 3. The molecule has 0 spiro atoms. The van der Waals surface area contributed by atoms with Gasteiger partial charge >= 0.3 is 6.18 Å². The van der Waals surface area contributed by atoms with Crippen LogP contribution in [-0.4, -0.2) is 19.7 Å². The molecule has 0 aliphatic rings. The van der Waals surface area contributed by atoms with Crippen molar-refractivity contribution < 1.29 is 21.8 Å². The van der Waals surface area contributed by atoms with Gasteiger partial charge in [0.05, 0.1) is 33.3 Å². The molecule has 2 atom stereocenters. The maximum absolute atomic E-state index is 14.7. The van der Waals surface area contributed by atoms with Crippen molar-refractivity contribution in [2.24, 2.45) is 10.6 Å². The molecule has 35 heavy (non-hydrogen) atoms. The van der Waals surface area contributed by atoms with Crippen molar-refractivity contribution in [3.05, 3.63) is 59.5 Å². The Morgan fingerprint density at radius 2 is 1.77 bits per heavy atom. The number of hydrogen-bond acceptors (Lipinski definition) is 2. The summed E-state index contributed by atoms with van der Waals surface area (Å²) in [6, 6.07) is 10.9. The summed E-state index contributed by atoms with van der Waals surface area (Å²) in [6.07, 6.45) is -3.57. The molecule has 0 saturated heterocycles. The molecule has 1 aromatic heterocycles. The third kappa shape index (κ3) is 5.76. The van der Waals surface area contributed by atoms with E-state index in [-0.39, 0.29) is 22.1 Å². The van der Waals surface area contributed by atoms with Crippen LogP contribution in [0.1, 0.15) is 58.1 Å². The highest BCUT2D eigenvalue weighted by Gasteiger charge is 2.46. The molecule has 0 fully saturated rings. The molecule has 2 N–H and O–H groups in total. The minimum atomic E-state index is -4.60. The molecular formula is C26H29F4N3OS. The summed E-state index contributed by atoms with van der Waals surface area (Å²) in [5.74, 6) is -2.49. The van der Waals surface area contributed by atoms with Gasteiger partial charge in [0.1, 0.15) is 5.82 Å². The molecule has 4 nitrogen and oxygen atoms in total.